The smallest absolute Gasteiger partial charge is 0.406 e. The Morgan fingerprint density at radius 2 is 1.82 bits per heavy atom. The minimum absolute atomic E-state index is 0.172. The van der Waals surface area contributed by atoms with Gasteiger partial charge in [-0.05, 0) is 30.7 Å². The zero-order chi connectivity index (χ0) is 24.4. The monoisotopic (exact) mass is 470 g/mol. The summed E-state index contributed by atoms with van der Waals surface area (Å²) in [5.74, 6) is -0.407. The van der Waals surface area contributed by atoms with Crippen molar-refractivity contribution in [2.75, 3.05) is 23.7 Å². The normalized spacial score (nSPS) is 11.4. The van der Waals surface area contributed by atoms with Crippen LogP contribution in [0.2, 0.25) is 0 Å². The lowest BCUT2D eigenvalue weighted by atomic mass is 10.3. The molecule has 0 bridgehead atoms. The number of urea groups is 1. The number of benzene rings is 1. The molecule has 0 radical (unpaired) electrons. The summed E-state index contributed by atoms with van der Waals surface area (Å²) in [6, 6.07) is 4.34. The van der Waals surface area contributed by atoms with E-state index in [4.69, 9.17) is 0 Å². The number of aromatic nitrogens is 2. The first-order chi connectivity index (χ1) is 15.6. The van der Waals surface area contributed by atoms with E-state index >= 15 is 0 Å². The molecular formula is C21H29F3N6O3. The number of hydrogen-bond acceptors (Lipinski definition) is 5. The number of unbranched alkanes of at least 4 members (excludes halogenated alkanes) is 1. The average Bonchev–Trinajstić information content (AvgIpc) is 3.12. The highest BCUT2D eigenvalue weighted by Crippen LogP contribution is 2.24. The Hall–Kier alpha value is -3.28. The lowest BCUT2D eigenvalue weighted by molar-refractivity contribution is -0.274. The molecule has 12 heteroatoms. The molecule has 0 aliphatic carbocycles. The third-order valence-electron chi connectivity index (χ3n) is 4.28. The summed E-state index contributed by atoms with van der Waals surface area (Å²) in [7, 11) is 0. The molecule has 0 aliphatic rings. The van der Waals surface area contributed by atoms with Gasteiger partial charge in [0.15, 0.2) is 5.82 Å². The molecule has 0 saturated heterocycles. The molecule has 9 nitrogen and oxygen atoms in total. The molecular weight excluding hydrogens is 441 g/mol. The molecule has 0 saturated carbocycles. The molecule has 4 N–H and O–H groups in total. The molecule has 0 fully saturated rings. The number of amides is 3. The number of imidazole rings is 1. The van der Waals surface area contributed by atoms with Gasteiger partial charge in [0.2, 0.25) is 5.82 Å². The first-order valence-corrected chi connectivity index (χ1v) is 10.6. The Balaban J connectivity index is 1.99. The highest BCUT2D eigenvalue weighted by Gasteiger charge is 2.31. The van der Waals surface area contributed by atoms with E-state index in [-0.39, 0.29) is 23.2 Å². The molecule has 0 spiro atoms. The number of nitrogens with one attached hydrogen (secondary N) is 4. The fraction of sp³-hybridized carbons (Fsp3) is 0.476. The van der Waals surface area contributed by atoms with Crippen molar-refractivity contribution in [3.63, 3.8) is 0 Å². The van der Waals surface area contributed by atoms with Crippen LogP contribution in [0, 0.1) is 0 Å². The fourth-order valence-electron chi connectivity index (χ4n) is 2.79. The second-order valence-corrected chi connectivity index (χ2v) is 7.51. The number of halogens is 3. The molecule has 0 atom stereocenters. The van der Waals surface area contributed by atoms with Gasteiger partial charge in [-0.1, -0.05) is 27.2 Å². The van der Waals surface area contributed by atoms with Crippen LogP contribution in [0.5, 0.6) is 5.75 Å². The minimum Gasteiger partial charge on any atom is -0.406 e. The number of aryl methyl sites for hydroxylation is 1. The minimum atomic E-state index is -4.79. The fourth-order valence-corrected chi connectivity index (χ4v) is 2.79. The van der Waals surface area contributed by atoms with Crippen LogP contribution >= 0.6 is 0 Å². The summed E-state index contributed by atoms with van der Waals surface area (Å²) >= 11 is 0. The van der Waals surface area contributed by atoms with Gasteiger partial charge < -0.3 is 25.3 Å². The van der Waals surface area contributed by atoms with Crippen molar-refractivity contribution >= 4 is 23.4 Å². The summed E-state index contributed by atoms with van der Waals surface area (Å²) in [6.07, 6.45) is -1.49. The van der Waals surface area contributed by atoms with Crippen LogP contribution in [0.4, 0.5) is 29.5 Å². The van der Waals surface area contributed by atoms with Gasteiger partial charge in [0.25, 0.3) is 5.91 Å². The second-order valence-electron chi connectivity index (χ2n) is 7.51. The van der Waals surface area contributed by atoms with E-state index in [1.165, 1.54) is 12.1 Å². The highest BCUT2D eigenvalue weighted by atomic mass is 19.4. The Morgan fingerprint density at radius 1 is 1.12 bits per heavy atom. The second kappa shape index (κ2) is 12.1. The Bertz CT molecular complexity index is 913. The van der Waals surface area contributed by atoms with Crippen LogP contribution in [0.3, 0.4) is 0 Å². The maximum absolute atomic E-state index is 12.6. The molecule has 2 aromatic rings. The number of carbonyl (C=O) groups excluding carboxylic acids is 2. The number of carbonyl (C=O) groups is 2. The molecule has 182 valence electrons. The van der Waals surface area contributed by atoms with Gasteiger partial charge in [0.1, 0.15) is 5.75 Å². The molecule has 1 aromatic carbocycles. The summed E-state index contributed by atoms with van der Waals surface area (Å²) < 4.78 is 42.2. The maximum atomic E-state index is 12.6. The van der Waals surface area contributed by atoms with Crippen LogP contribution in [-0.4, -0.2) is 47.0 Å². The topological polar surface area (TPSA) is 109 Å². The van der Waals surface area contributed by atoms with Crippen LogP contribution in [0.1, 0.15) is 44.2 Å². The highest BCUT2D eigenvalue weighted by molar-refractivity contribution is 5.99. The lowest BCUT2D eigenvalue weighted by Gasteiger charge is -2.10. The number of nitrogens with zero attached hydrogens (tertiary/aromatic N) is 2. The van der Waals surface area contributed by atoms with Gasteiger partial charge in [-0.3, -0.25) is 10.1 Å². The quantitative estimate of drug-likeness (QED) is 0.372. The molecule has 2 rings (SSSR count). The van der Waals surface area contributed by atoms with E-state index in [9.17, 15) is 22.8 Å². The lowest BCUT2D eigenvalue weighted by Crippen LogP contribution is -2.35. The van der Waals surface area contributed by atoms with Gasteiger partial charge in [0, 0.05) is 37.6 Å². The largest absolute Gasteiger partial charge is 0.573 e. The van der Waals surface area contributed by atoms with Crippen molar-refractivity contribution in [3.05, 3.63) is 36.3 Å². The molecule has 0 aliphatic heterocycles. The molecule has 1 heterocycles. The molecule has 1 aromatic heterocycles. The maximum Gasteiger partial charge on any atom is 0.573 e. The van der Waals surface area contributed by atoms with Crippen LogP contribution in [-0.2, 0) is 6.54 Å². The van der Waals surface area contributed by atoms with Gasteiger partial charge in [-0.15, -0.1) is 13.2 Å². The summed E-state index contributed by atoms with van der Waals surface area (Å²) in [4.78, 5) is 29.1. The number of hydrogen-bond donors (Lipinski definition) is 4. The number of alkyl halides is 3. The Labute approximate surface area is 190 Å². The average molecular weight is 470 g/mol. The van der Waals surface area contributed by atoms with Crippen molar-refractivity contribution < 1.29 is 27.5 Å². The number of ether oxygens (including phenoxy) is 1. The van der Waals surface area contributed by atoms with Crippen molar-refractivity contribution in [2.24, 2.45) is 0 Å². The zero-order valence-electron chi connectivity index (χ0n) is 18.8. The molecule has 3 amide bonds. The van der Waals surface area contributed by atoms with E-state index in [0.29, 0.717) is 25.7 Å². The van der Waals surface area contributed by atoms with Crippen molar-refractivity contribution in [1.82, 2.24) is 20.2 Å². The van der Waals surface area contributed by atoms with Gasteiger partial charge >= 0.3 is 12.4 Å². The predicted octanol–water partition coefficient (Wildman–Crippen LogP) is 3.95. The first kappa shape index (κ1) is 26.0. The Morgan fingerprint density at radius 3 is 2.42 bits per heavy atom. The van der Waals surface area contributed by atoms with Gasteiger partial charge in [-0.25, -0.2) is 9.78 Å². The van der Waals surface area contributed by atoms with E-state index in [1.807, 2.05) is 20.8 Å². The van der Waals surface area contributed by atoms with Crippen LogP contribution < -0.4 is 26.0 Å². The standard InChI is InChI=1S/C21H29F3N6O3/c1-4-5-12-30-13-17(28-18(30)19(31)26-11-10-25-14(2)3)29-20(32)27-15-6-8-16(9-7-15)33-21(22,23)24/h6-9,13-14,25H,4-5,10-12H2,1-3H3,(H,26,31)(H2,27,29,32). The van der Waals surface area contributed by atoms with Crippen LogP contribution in [0.25, 0.3) is 0 Å². The van der Waals surface area contributed by atoms with Crippen molar-refractivity contribution in [2.45, 2.75) is 52.6 Å². The summed E-state index contributed by atoms with van der Waals surface area (Å²) in [5.41, 5.74) is 0.253. The molecule has 33 heavy (non-hydrogen) atoms. The number of rotatable bonds is 11. The van der Waals surface area contributed by atoms with Gasteiger partial charge in [0.05, 0.1) is 0 Å². The van der Waals surface area contributed by atoms with Crippen LogP contribution in [0.15, 0.2) is 30.5 Å². The van der Waals surface area contributed by atoms with E-state index < -0.39 is 18.1 Å². The SMILES string of the molecule is CCCCn1cc(NC(=O)Nc2ccc(OC(F)(F)F)cc2)nc1C(=O)NCCNC(C)C. The predicted molar refractivity (Wildman–Crippen MR) is 118 cm³/mol. The summed E-state index contributed by atoms with van der Waals surface area (Å²) in [5, 5.41) is 11.0. The van der Waals surface area contributed by atoms with E-state index in [2.05, 4.69) is 31.0 Å². The molecule has 0 unspecified atom stereocenters. The van der Waals surface area contributed by atoms with Crippen molar-refractivity contribution in [3.8, 4) is 5.75 Å². The first-order valence-electron chi connectivity index (χ1n) is 10.6. The van der Waals surface area contributed by atoms with E-state index in [0.717, 1.165) is 25.0 Å². The third-order valence-corrected chi connectivity index (χ3v) is 4.28. The van der Waals surface area contributed by atoms with Gasteiger partial charge in [-0.2, -0.15) is 0 Å². The zero-order valence-corrected chi connectivity index (χ0v) is 18.8. The van der Waals surface area contributed by atoms with Crippen molar-refractivity contribution in [1.29, 1.82) is 0 Å². The number of anilines is 2. The third kappa shape index (κ3) is 9.39. The summed E-state index contributed by atoms with van der Waals surface area (Å²) in [6.45, 7) is 7.63. The van der Waals surface area contributed by atoms with E-state index in [1.54, 1.807) is 10.8 Å². The Kier molecular flexibility index (Phi) is 9.52.